The third-order valence-corrected chi connectivity index (χ3v) is 6.64. The molecule has 0 saturated heterocycles. The third-order valence-electron chi connectivity index (χ3n) is 4.30. The van der Waals surface area contributed by atoms with Crippen molar-refractivity contribution < 1.29 is 17.6 Å². The average Bonchev–Trinajstić information content (AvgIpc) is 2.67. The number of hydrogen-bond acceptors (Lipinski definition) is 3. The van der Waals surface area contributed by atoms with Gasteiger partial charge in [0.1, 0.15) is 10.7 Å². The van der Waals surface area contributed by atoms with E-state index in [4.69, 9.17) is 11.6 Å². The van der Waals surface area contributed by atoms with Crippen molar-refractivity contribution in [3.63, 3.8) is 0 Å². The average molecular weight is 512 g/mol. The Kier molecular flexibility index (Phi) is 6.50. The van der Waals surface area contributed by atoms with E-state index in [9.17, 15) is 17.6 Å². The highest BCUT2D eigenvalue weighted by molar-refractivity contribution is 9.10. The molecule has 3 aromatic rings. The zero-order chi connectivity index (χ0) is 22.1. The molecule has 5 nitrogen and oxygen atoms in total. The van der Waals surface area contributed by atoms with Crippen LogP contribution < -0.4 is 10.0 Å². The second-order valence-electron chi connectivity index (χ2n) is 6.65. The summed E-state index contributed by atoms with van der Waals surface area (Å²) in [6.07, 6.45) is 0. The maximum absolute atomic E-state index is 14.0. The van der Waals surface area contributed by atoms with Gasteiger partial charge in [-0.05, 0) is 67.4 Å². The number of sulfonamides is 1. The maximum Gasteiger partial charge on any atom is 0.263 e. The lowest BCUT2D eigenvalue weighted by Gasteiger charge is -2.13. The van der Waals surface area contributed by atoms with Gasteiger partial charge in [0, 0.05) is 10.0 Å². The highest BCUT2D eigenvalue weighted by atomic mass is 79.9. The molecule has 2 N–H and O–H groups in total. The highest BCUT2D eigenvalue weighted by Crippen LogP contribution is 2.27. The van der Waals surface area contributed by atoms with E-state index in [1.807, 2.05) is 13.0 Å². The van der Waals surface area contributed by atoms with Crippen molar-refractivity contribution in [1.29, 1.82) is 0 Å². The monoisotopic (exact) mass is 510 g/mol. The number of aryl methyl sites for hydroxylation is 2. The second kappa shape index (κ2) is 8.75. The van der Waals surface area contributed by atoms with Gasteiger partial charge in [-0.25, -0.2) is 12.8 Å². The van der Waals surface area contributed by atoms with Crippen molar-refractivity contribution in [2.24, 2.45) is 0 Å². The predicted molar refractivity (Wildman–Crippen MR) is 120 cm³/mol. The summed E-state index contributed by atoms with van der Waals surface area (Å²) in [5.74, 6) is -1.30. The molecule has 0 spiro atoms. The molecule has 0 bridgehead atoms. The summed E-state index contributed by atoms with van der Waals surface area (Å²) < 4.78 is 42.9. The van der Waals surface area contributed by atoms with Gasteiger partial charge in [-0.15, -0.1) is 0 Å². The molecule has 0 aromatic heterocycles. The van der Waals surface area contributed by atoms with Crippen molar-refractivity contribution >= 4 is 54.8 Å². The second-order valence-corrected chi connectivity index (χ2v) is 9.62. The number of hydrogen-bond donors (Lipinski definition) is 2. The van der Waals surface area contributed by atoms with Crippen LogP contribution in [0.5, 0.6) is 0 Å². The van der Waals surface area contributed by atoms with Gasteiger partial charge < -0.3 is 5.32 Å². The van der Waals surface area contributed by atoms with Crippen molar-refractivity contribution in [3.05, 3.63) is 86.6 Å². The molecule has 0 aliphatic rings. The van der Waals surface area contributed by atoms with Gasteiger partial charge in [0.05, 0.1) is 16.4 Å². The van der Waals surface area contributed by atoms with Crippen LogP contribution in [0, 0.1) is 19.7 Å². The number of carbonyl (C=O) groups excluding carboxylic acids is 1. The molecular weight excluding hydrogens is 495 g/mol. The first-order valence-electron chi connectivity index (χ1n) is 8.73. The Morgan fingerprint density at radius 3 is 2.43 bits per heavy atom. The Hall–Kier alpha value is -2.42. The summed E-state index contributed by atoms with van der Waals surface area (Å²) in [4.78, 5) is 12.3. The first-order chi connectivity index (χ1) is 14.1. The Morgan fingerprint density at radius 1 is 1.00 bits per heavy atom. The predicted octanol–water partition coefficient (Wildman–Crippen LogP) is 5.91. The Bertz CT molecular complexity index is 1250. The molecule has 0 unspecified atom stereocenters. The van der Waals surface area contributed by atoms with Crippen LogP contribution in [-0.2, 0) is 10.0 Å². The van der Waals surface area contributed by atoms with E-state index < -0.39 is 21.7 Å². The van der Waals surface area contributed by atoms with Crippen molar-refractivity contribution in [3.8, 4) is 0 Å². The summed E-state index contributed by atoms with van der Waals surface area (Å²) in [6.45, 7) is 3.62. The third kappa shape index (κ3) is 5.00. The van der Waals surface area contributed by atoms with Crippen LogP contribution in [0.25, 0.3) is 0 Å². The van der Waals surface area contributed by atoms with Gasteiger partial charge in [0.25, 0.3) is 15.9 Å². The fourth-order valence-corrected chi connectivity index (χ4v) is 4.66. The van der Waals surface area contributed by atoms with E-state index in [1.165, 1.54) is 24.3 Å². The van der Waals surface area contributed by atoms with Crippen LogP contribution in [0.3, 0.4) is 0 Å². The Labute approximate surface area is 187 Å². The minimum absolute atomic E-state index is 0.0167. The Morgan fingerprint density at radius 2 is 1.73 bits per heavy atom. The molecule has 0 aliphatic carbocycles. The SMILES string of the molecule is Cc1ccc(C)c(NS(=O)(=O)c2cc(C(=O)Nc3ccc(Br)cc3F)ccc2Cl)c1. The van der Waals surface area contributed by atoms with Crippen LogP contribution in [0.4, 0.5) is 15.8 Å². The quantitative estimate of drug-likeness (QED) is 0.447. The van der Waals surface area contributed by atoms with E-state index in [0.29, 0.717) is 10.2 Å². The fourth-order valence-electron chi connectivity index (χ4n) is 2.68. The summed E-state index contributed by atoms with van der Waals surface area (Å²) >= 11 is 9.25. The standard InChI is InChI=1S/C21H17BrClFN2O3S/c1-12-3-4-13(2)19(9-12)26-30(28,29)20-10-14(5-7-16(20)23)21(27)25-18-8-6-15(22)11-17(18)24/h3-11,26H,1-2H3,(H,25,27). The minimum Gasteiger partial charge on any atom is -0.319 e. The van der Waals surface area contributed by atoms with E-state index in [0.717, 1.165) is 17.2 Å². The van der Waals surface area contributed by atoms with Gasteiger partial charge in [0.2, 0.25) is 0 Å². The van der Waals surface area contributed by atoms with Gasteiger partial charge >= 0.3 is 0 Å². The van der Waals surface area contributed by atoms with Gasteiger partial charge in [-0.2, -0.15) is 0 Å². The lowest BCUT2D eigenvalue weighted by atomic mass is 10.1. The van der Waals surface area contributed by atoms with E-state index >= 15 is 0 Å². The summed E-state index contributed by atoms with van der Waals surface area (Å²) in [7, 11) is -4.07. The molecule has 3 aromatic carbocycles. The van der Waals surface area contributed by atoms with Crippen molar-refractivity contribution in [2.75, 3.05) is 10.0 Å². The Balaban J connectivity index is 1.92. The molecule has 30 heavy (non-hydrogen) atoms. The molecule has 0 fully saturated rings. The fraction of sp³-hybridized carbons (Fsp3) is 0.0952. The molecule has 1 amide bonds. The molecular formula is C21H17BrClFN2O3S. The van der Waals surface area contributed by atoms with Crippen LogP contribution in [0.2, 0.25) is 5.02 Å². The molecule has 156 valence electrons. The van der Waals surface area contributed by atoms with Crippen molar-refractivity contribution in [2.45, 2.75) is 18.7 Å². The highest BCUT2D eigenvalue weighted by Gasteiger charge is 2.21. The molecule has 0 heterocycles. The lowest BCUT2D eigenvalue weighted by molar-refractivity contribution is 0.102. The number of anilines is 2. The normalized spacial score (nSPS) is 11.2. The number of benzene rings is 3. The van der Waals surface area contributed by atoms with Gasteiger partial charge in [-0.3, -0.25) is 9.52 Å². The van der Waals surface area contributed by atoms with Crippen LogP contribution >= 0.6 is 27.5 Å². The van der Waals surface area contributed by atoms with Crippen molar-refractivity contribution in [1.82, 2.24) is 0 Å². The smallest absolute Gasteiger partial charge is 0.263 e. The minimum atomic E-state index is -4.07. The number of nitrogens with one attached hydrogen (secondary N) is 2. The summed E-state index contributed by atoms with van der Waals surface area (Å²) in [5, 5.41) is 2.38. The number of amides is 1. The first kappa shape index (κ1) is 22.3. The van der Waals surface area contributed by atoms with Crippen LogP contribution in [-0.4, -0.2) is 14.3 Å². The first-order valence-corrected chi connectivity index (χ1v) is 11.4. The zero-order valence-electron chi connectivity index (χ0n) is 16.0. The zero-order valence-corrected chi connectivity index (χ0v) is 19.1. The molecule has 0 saturated carbocycles. The van der Waals surface area contributed by atoms with Gasteiger partial charge in [0.15, 0.2) is 0 Å². The number of carbonyl (C=O) groups is 1. The topological polar surface area (TPSA) is 75.3 Å². The van der Waals surface area contributed by atoms with Crippen LogP contribution in [0.15, 0.2) is 64.0 Å². The van der Waals surface area contributed by atoms with E-state index in [-0.39, 0.29) is 21.2 Å². The maximum atomic E-state index is 14.0. The summed E-state index contributed by atoms with van der Waals surface area (Å²) in [6, 6.07) is 13.4. The molecule has 0 radical (unpaired) electrons. The van der Waals surface area contributed by atoms with E-state index in [2.05, 4.69) is 26.0 Å². The largest absolute Gasteiger partial charge is 0.319 e. The lowest BCUT2D eigenvalue weighted by Crippen LogP contribution is -2.17. The molecule has 0 atom stereocenters. The molecule has 3 rings (SSSR count). The summed E-state index contributed by atoms with van der Waals surface area (Å²) in [5.41, 5.74) is 2.02. The van der Waals surface area contributed by atoms with E-state index in [1.54, 1.807) is 25.1 Å². The molecule has 0 aliphatic heterocycles. The number of halogens is 3. The number of rotatable bonds is 5. The molecule has 9 heteroatoms. The van der Waals surface area contributed by atoms with Gasteiger partial charge in [-0.1, -0.05) is 39.7 Å². The van der Waals surface area contributed by atoms with Crippen LogP contribution in [0.1, 0.15) is 21.5 Å².